The van der Waals surface area contributed by atoms with E-state index < -0.39 is 0 Å². The van der Waals surface area contributed by atoms with Gasteiger partial charge in [-0.3, -0.25) is 19.5 Å². The highest BCUT2D eigenvalue weighted by molar-refractivity contribution is 7.99. The molecule has 1 N–H and O–H groups in total. The summed E-state index contributed by atoms with van der Waals surface area (Å²) in [4.78, 5) is 32.7. The van der Waals surface area contributed by atoms with Crippen molar-refractivity contribution in [2.75, 3.05) is 11.1 Å². The Balaban J connectivity index is 1.64. The lowest BCUT2D eigenvalue weighted by atomic mass is 9.89. The first kappa shape index (κ1) is 21.1. The lowest BCUT2D eigenvalue weighted by Gasteiger charge is -2.18. The molecule has 1 aliphatic carbocycles. The number of thiophene rings is 1. The molecule has 3 heterocycles. The van der Waals surface area contributed by atoms with E-state index in [0.29, 0.717) is 35.1 Å². The number of nitrogens with zero attached hydrogens (tertiary/aromatic N) is 3. The topological polar surface area (TPSA) is 90.0 Å². The Kier molecular flexibility index (Phi) is 6.02. The molecular formula is C21H26N4O3S2. The average molecular weight is 447 g/mol. The normalized spacial score (nSPS) is 16.2. The van der Waals surface area contributed by atoms with Crippen molar-refractivity contribution < 1.29 is 9.32 Å². The Morgan fingerprint density at radius 2 is 2.27 bits per heavy atom. The fourth-order valence-electron chi connectivity index (χ4n) is 3.77. The fraction of sp³-hybridized carbons (Fsp3) is 0.524. The first-order valence-corrected chi connectivity index (χ1v) is 12.0. The Morgan fingerprint density at radius 1 is 1.47 bits per heavy atom. The number of carbonyl (C=O) groups excluding carboxylic acids is 1. The fourth-order valence-corrected chi connectivity index (χ4v) is 6.00. The summed E-state index contributed by atoms with van der Waals surface area (Å²) in [5.41, 5.74) is 1.92. The summed E-state index contributed by atoms with van der Waals surface area (Å²) in [6.07, 6.45) is 3.07. The van der Waals surface area contributed by atoms with Gasteiger partial charge in [0, 0.05) is 17.5 Å². The highest BCUT2D eigenvalue weighted by Gasteiger charge is 2.25. The third-order valence-corrected chi connectivity index (χ3v) is 7.28. The first-order valence-electron chi connectivity index (χ1n) is 10.2. The number of hydrogen-bond acceptors (Lipinski definition) is 7. The zero-order valence-corrected chi connectivity index (χ0v) is 19.3. The van der Waals surface area contributed by atoms with Crippen molar-refractivity contribution in [3.8, 4) is 0 Å². The van der Waals surface area contributed by atoms with Crippen molar-refractivity contribution in [3.63, 3.8) is 0 Å². The van der Waals surface area contributed by atoms with Crippen molar-refractivity contribution >= 4 is 45.1 Å². The molecule has 3 aromatic heterocycles. The molecule has 9 heteroatoms. The summed E-state index contributed by atoms with van der Waals surface area (Å²) >= 11 is 2.92. The molecule has 0 aromatic carbocycles. The molecule has 1 amide bonds. The summed E-state index contributed by atoms with van der Waals surface area (Å²) in [6.45, 7) is 8.78. The number of nitrogens with one attached hydrogen (secondary N) is 1. The molecule has 160 valence electrons. The number of hydrogen-bond donors (Lipinski definition) is 1. The van der Waals surface area contributed by atoms with Crippen molar-refractivity contribution in [1.29, 1.82) is 0 Å². The van der Waals surface area contributed by atoms with E-state index in [4.69, 9.17) is 9.51 Å². The van der Waals surface area contributed by atoms with Crippen LogP contribution in [0.2, 0.25) is 0 Å². The lowest BCUT2D eigenvalue weighted by molar-refractivity contribution is -0.113. The maximum Gasteiger partial charge on any atom is 0.263 e. The van der Waals surface area contributed by atoms with Crippen LogP contribution in [-0.2, 0) is 24.2 Å². The van der Waals surface area contributed by atoms with Crippen LogP contribution in [0, 0.1) is 18.8 Å². The van der Waals surface area contributed by atoms with E-state index in [9.17, 15) is 9.59 Å². The van der Waals surface area contributed by atoms with E-state index >= 15 is 0 Å². The number of amides is 1. The van der Waals surface area contributed by atoms with Crippen LogP contribution in [0.1, 0.15) is 43.3 Å². The molecule has 0 bridgehead atoms. The molecule has 0 fully saturated rings. The van der Waals surface area contributed by atoms with Gasteiger partial charge in [0.1, 0.15) is 4.83 Å². The van der Waals surface area contributed by atoms with Gasteiger partial charge >= 0.3 is 0 Å². The van der Waals surface area contributed by atoms with E-state index in [-0.39, 0.29) is 17.2 Å². The highest BCUT2D eigenvalue weighted by Crippen LogP contribution is 2.36. The van der Waals surface area contributed by atoms with Gasteiger partial charge in [-0.25, -0.2) is 4.98 Å². The summed E-state index contributed by atoms with van der Waals surface area (Å²) in [5.74, 6) is 1.17. The van der Waals surface area contributed by atoms with Gasteiger partial charge in [0.05, 0.1) is 16.8 Å². The van der Waals surface area contributed by atoms with Gasteiger partial charge in [0.15, 0.2) is 5.16 Å². The number of rotatable bonds is 6. The minimum Gasteiger partial charge on any atom is -0.338 e. The minimum atomic E-state index is -0.221. The molecule has 4 rings (SSSR count). The summed E-state index contributed by atoms with van der Waals surface area (Å²) in [6, 6.07) is 1.67. The van der Waals surface area contributed by atoms with Crippen molar-refractivity contribution in [1.82, 2.24) is 14.7 Å². The van der Waals surface area contributed by atoms with Gasteiger partial charge in [0.25, 0.3) is 5.56 Å². The quantitative estimate of drug-likeness (QED) is 0.449. The van der Waals surface area contributed by atoms with Crippen LogP contribution in [0.15, 0.2) is 20.5 Å². The third-order valence-electron chi connectivity index (χ3n) is 5.15. The molecule has 0 aliphatic heterocycles. The standard InChI is InChI=1S/C21H26N4O3S2/c1-11(2)9-25-20(27)18-14-6-5-12(3)7-15(14)30-19(18)23-21(25)29-10-16(26)22-17-8-13(4)24-28-17/h8,11-12H,5-7,9-10H2,1-4H3,(H,22,26). The van der Waals surface area contributed by atoms with Crippen LogP contribution in [0.3, 0.4) is 0 Å². The molecular weight excluding hydrogens is 420 g/mol. The largest absolute Gasteiger partial charge is 0.338 e. The molecule has 1 unspecified atom stereocenters. The second-order valence-corrected chi connectivity index (χ2v) is 10.4. The van der Waals surface area contributed by atoms with E-state index in [2.05, 4.69) is 31.2 Å². The van der Waals surface area contributed by atoms with E-state index in [1.165, 1.54) is 22.2 Å². The average Bonchev–Trinajstić information content (AvgIpc) is 3.24. The summed E-state index contributed by atoms with van der Waals surface area (Å²) < 4.78 is 6.78. The Hall–Kier alpha value is -2.13. The number of aromatic nitrogens is 3. The van der Waals surface area contributed by atoms with Crippen molar-refractivity contribution in [2.24, 2.45) is 11.8 Å². The van der Waals surface area contributed by atoms with Crippen LogP contribution in [0.5, 0.6) is 0 Å². The molecule has 0 spiro atoms. The zero-order chi connectivity index (χ0) is 21.4. The monoisotopic (exact) mass is 446 g/mol. The van der Waals surface area contributed by atoms with E-state index in [1.807, 2.05) is 0 Å². The van der Waals surface area contributed by atoms with Gasteiger partial charge in [0.2, 0.25) is 11.8 Å². The molecule has 0 saturated carbocycles. The molecule has 0 saturated heterocycles. The molecule has 30 heavy (non-hydrogen) atoms. The SMILES string of the molecule is Cc1cc(NC(=O)CSc2nc3sc4c(c3c(=O)n2CC(C)C)CCC(C)C4)on1. The highest BCUT2D eigenvalue weighted by atomic mass is 32.2. The number of carbonyl (C=O) groups is 1. The Morgan fingerprint density at radius 3 is 2.97 bits per heavy atom. The predicted octanol–water partition coefficient (Wildman–Crippen LogP) is 4.27. The van der Waals surface area contributed by atoms with Crippen LogP contribution in [-0.4, -0.2) is 26.4 Å². The Labute approximate surface area is 183 Å². The van der Waals surface area contributed by atoms with Gasteiger partial charge in [-0.2, -0.15) is 0 Å². The molecule has 3 aromatic rings. The predicted molar refractivity (Wildman–Crippen MR) is 121 cm³/mol. The zero-order valence-electron chi connectivity index (χ0n) is 17.7. The van der Waals surface area contributed by atoms with Crippen LogP contribution in [0.4, 0.5) is 5.88 Å². The maximum absolute atomic E-state index is 13.4. The first-order chi connectivity index (χ1) is 14.3. The van der Waals surface area contributed by atoms with Gasteiger partial charge < -0.3 is 4.52 Å². The van der Waals surface area contributed by atoms with Crippen LogP contribution < -0.4 is 10.9 Å². The lowest BCUT2D eigenvalue weighted by Crippen LogP contribution is -2.26. The molecule has 0 radical (unpaired) electrons. The van der Waals surface area contributed by atoms with Crippen molar-refractivity contribution in [2.45, 2.75) is 58.7 Å². The number of fused-ring (bicyclic) bond motifs is 3. The second-order valence-electron chi connectivity index (χ2n) is 8.41. The van der Waals surface area contributed by atoms with E-state index in [0.717, 1.165) is 29.5 Å². The molecule has 7 nitrogen and oxygen atoms in total. The smallest absolute Gasteiger partial charge is 0.263 e. The minimum absolute atomic E-state index is 0.0227. The van der Waals surface area contributed by atoms with Gasteiger partial charge in [-0.15, -0.1) is 11.3 Å². The van der Waals surface area contributed by atoms with Gasteiger partial charge in [-0.05, 0) is 43.6 Å². The second kappa shape index (κ2) is 8.55. The number of anilines is 1. The van der Waals surface area contributed by atoms with Crippen LogP contribution in [0.25, 0.3) is 10.2 Å². The Bertz CT molecular complexity index is 1150. The number of aryl methyl sites for hydroxylation is 2. The maximum atomic E-state index is 13.4. The number of thioether (sulfide) groups is 1. The third kappa shape index (κ3) is 4.32. The summed E-state index contributed by atoms with van der Waals surface area (Å²) in [5, 5.41) is 7.83. The van der Waals surface area contributed by atoms with Crippen molar-refractivity contribution in [3.05, 3.63) is 32.6 Å². The van der Waals surface area contributed by atoms with Gasteiger partial charge in [-0.1, -0.05) is 37.7 Å². The van der Waals surface area contributed by atoms with Crippen LogP contribution >= 0.6 is 23.1 Å². The summed E-state index contributed by atoms with van der Waals surface area (Å²) in [7, 11) is 0. The van der Waals surface area contributed by atoms with E-state index in [1.54, 1.807) is 28.9 Å². The molecule has 1 atom stereocenters. The molecule has 1 aliphatic rings.